The minimum absolute atomic E-state index is 0.246. The van der Waals surface area contributed by atoms with Gasteiger partial charge in [0.2, 0.25) is 0 Å². The molecule has 15 heavy (non-hydrogen) atoms. The molecule has 4 heteroatoms. The minimum Gasteiger partial charge on any atom is -0.390 e. The van der Waals surface area contributed by atoms with Gasteiger partial charge in [-0.15, -0.1) is 0 Å². The van der Waals surface area contributed by atoms with Crippen LogP contribution in [0.4, 0.5) is 5.69 Å². The normalized spacial score (nSPS) is 12.6. The number of nitrogens with two attached hydrogens (primary N) is 1. The number of aliphatic hydroxyl groups is 1. The van der Waals surface area contributed by atoms with E-state index in [4.69, 9.17) is 17.3 Å². The molecule has 1 rings (SSSR count). The first-order valence-corrected chi connectivity index (χ1v) is 5.31. The fraction of sp³-hybridized carbons (Fsp3) is 0.455. The van der Waals surface area contributed by atoms with E-state index in [2.05, 4.69) is 5.32 Å². The fourth-order valence-electron chi connectivity index (χ4n) is 1.44. The zero-order valence-corrected chi connectivity index (χ0v) is 9.80. The largest absolute Gasteiger partial charge is 0.390 e. The molecule has 1 aromatic rings. The molecule has 0 aliphatic heterocycles. The Kier molecular flexibility index (Phi) is 4.39. The molecule has 0 aromatic heterocycles. The lowest BCUT2D eigenvalue weighted by Crippen LogP contribution is -2.28. The molecular weight excluding hydrogens is 212 g/mol. The van der Waals surface area contributed by atoms with Gasteiger partial charge in [0.15, 0.2) is 0 Å². The number of aliphatic hydroxyl groups excluding tert-OH is 1. The van der Waals surface area contributed by atoms with Crippen LogP contribution in [-0.4, -0.2) is 24.3 Å². The first-order chi connectivity index (χ1) is 7.04. The van der Waals surface area contributed by atoms with Crippen LogP contribution in [0.3, 0.4) is 0 Å². The monoisotopic (exact) mass is 228 g/mol. The summed E-state index contributed by atoms with van der Waals surface area (Å²) >= 11 is 6.09. The van der Waals surface area contributed by atoms with Gasteiger partial charge in [-0.05, 0) is 31.0 Å². The van der Waals surface area contributed by atoms with E-state index in [0.29, 0.717) is 11.6 Å². The van der Waals surface area contributed by atoms with Crippen molar-refractivity contribution in [3.8, 4) is 0 Å². The van der Waals surface area contributed by atoms with Crippen molar-refractivity contribution in [1.82, 2.24) is 0 Å². The van der Waals surface area contributed by atoms with Crippen molar-refractivity contribution >= 4 is 17.3 Å². The maximum Gasteiger partial charge on any atom is 0.0834 e. The molecule has 3 nitrogen and oxygen atoms in total. The van der Waals surface area contributed by atoms with Crippen LogP contribution in [0.15, 0.2) is 12.1 Å². The average molecular weight is 229 g/mol. The highest BCUT2D eigenvalue weighted by molar-refractivity contribution is 6.33. The predicted molar refractivity (Wildman–Crippen MR) is 64.5 cm³/mol. The summed E-state index contributed by atoms with van der Waals surface area (Å²) in [7, 11) is 0. The van der Waals surface area contributed by atoms with Crippen molar-refractivity contribution in [2.24, 2.45) is 5.73 Å². The Bertz CT molecular complexity index is 318. The minimum atomic E-state index is -0.540. The Balaban J connectivity index is 2.77. The highest BCUT2D eigenvalue weighted by atomic mass is 35.5. The van der Waals surface area contributed by atoms with Crippen molar-refractivity contribution in [1.29, 1.82) is 0 Å². The number of halogens is 1. The fourth-order valence-corrected chi connectivity index (χ4v) is 1.83. The van der Waals surface area contributed by atoms with Gasteiger partial charge in [-0.3, -0.25) is 0 Å². The second kappa shape index (κ2) is 5.35. The molecule has 0 bridgehead atoms. The average Bonchev–Trinajstić information content (AvgIpc) is 2.15. The van der Waals surface area contributed by atoms with E-state index < -0.39 is 6.10 Å². The summed E-state index contributed by atoms with van der Waals surface area (Å²) in [6.07, 6.45) is -0.540. The van der Waals surface area contributed by atoms with Crippen LogP contribution in [-0.2, 0) is 0 Å². The third-order valence-electron chi connectivity index (χ3n) is 2.22. The summed E-state index contributed by atoms with van der Waals surface area (Å²) in [5.41, 5.74) is 8.38. The van der Waals surface area contributed by atoms with Crippen LogP contribution < -0.4 is 11.1 Å². The molecule has 1 aromatic carbocycles. The quantitative estimate of drug-likeness (QED) is 0.735. The Morgan fingerprint density at radius 3 is 2.67 bits per heavy atom. The van der Waals surface area contributed by atoms with E-state index in [1.165, 1.54) is 0 Å². The topological polar surface area (TPSA) is 58.3 Å². The molecule has 0 heterocycles. The Hall–Kier alpha value is -0.770. The molecule has 1 unspecified atom stereocenters. The van der Waals surface area contributed by atoms with Crippen LogP contribution in [0.2, 0.25) is 5.02 Å². The zero-order valence-electron chi connectivity index (χ0n) is 9.05. The van der Waals surface area contributed by atoms with Gasteiger partial charge in [-0.2, -0.15) is 0 Å². The van der Waals surface area contributed by atoms with Gasteiger partial charge in [0, 0.05) is 13.1 Å². The summed E-state index contributed by atoms with van der Waals surface area (Å²) < 4.78 is 0. The summed E-state index contributed by atoms with van der Waals surface area (Å²) in [4.78, 5) is 0. The molecule has 0 aliphatic rings. The molecule has 0 spiro atoms. The highest BCUT2D eigenvalue weighted by Crippen LogP contribution is 2.27. The van der Waals surface area contributed by atoms with E-state index in [-0.39, 0.29) is 6.54 Å². The molecule has 0 fully saturated rings. The molecule has 0 aliphatic carbocycles. The van der Waals surface area contributed by atoms with E-state index in [1.807, 2.05) is 26.0 Å². The van der Waals surface area contributed by atoms with Gasteiger partial charge in [0.1, 0.15) is 0 Å². The Morgan fingerprint density at radius 1 is 1.47 bits per heavy atom. The number of aryl methyl sites for hydroxylation is 2. The molecule has 84 valence electrons. The van der Waals surface area contributed by atoms with E-state index in [9.17, 15) is 5.11 Å². The summed E-state index contributed by atoms with van der Waals surface area (Å²) in [6, 6.07) is 3.94. The highest BCUT2D eigenvalue weighted by Gasteiger charge is 2.07. The van der Waals surface area contributed by atoms with Gasteiger partial charge in [-0.25, -0.2) is 0 Å². The van der Waals surface area contributed by atoms with Gasteiger partial charge in [0.05, 0.1) is 16.8 Å². The lowest BCUT2D eigenvalue weighted by Gasteiger charge is -2.14. The molecule has 4 N–H and O–H groups in total. The third kappa shape index (κ3) is 3.38. The summed E-state index contributed by atoms with van der Waals surface area (Å²) in [5, 5.41) is 13.1. The van der Waals surface area contributed by atoms with E-state index in [1.54, 1.807) is 0 Å². The molecule has 0 saturated carbocycles. The summed E-state index contributed by atoms with van der Waals surface area (Å²) in [5.74, 6) is 0. The number of nitrogens with one attached hydrogen (secondary N) is 1. The summed E-state index contributed by atoms with van der Waals surface area (Å²) in [6.45, 7) is 4.64. The van der Waals surface area contributed by atoms with Gasteiger partial charge in [0.25, 0.3) is 0 Å². The molecule has 0 amide bonds. The van der Waals surface area contributed by atoms with Gasteiger partial charge in [-0.1, -0.05) is 17.7 Å². The third-order valence-corrected chi connectivity index (χ3v) is 2.52. The smallest absolute Gasteiger partial charge is 0.0834 e. The molecule has 0 radical (unpaired) electrons. The second-order valence-corrected chi connectivity index (χ2v) is 4.12. The van der Waals surface area contributed by atoms with Crippen LogP contribution in [0.5, 0.6) is 0 Å². The van der Waals surface area contributed by atoms with Crippen molar-refractivity contribution < 1.29 is 5.11 Å². The maximum atomic E-state index is 9.33. The first kappa shape index (κ1) is 12.3. The van der Waals surface area contributed by atoms with Gasteiger partial charge < -0.3 is 16.2 Å². The number of rotatable bonds is 4. The van der Waals surface area contributed by atoms with Crippen molar-refractivity contribution in [3.63, 3.8) is 0 Å². The Labute approximate surface area is 95.2 Å². The predicted octanol–water partition coefficient (Wildman–Crippen LogP) is 1.69. The van der Waals surface area contributed by atoms with E-state index in [0.717, 1.165) is 16.8 Å². The zero-order chi connectivity index (χ0) is 11.4. The van der Waals surface area contributed by atoms with Crippen molar-refractivity contribution in [3.05, 3.63) is 28.3 Å². The molecular formula is C11H17ClN2O. The van der Waals surface area contributed by atoms with Crippen molar-refractivity contribution in [2.45, 2.75) is 20.0 Å². The van der Waals surface area contributed by atoms with E-state index >= 15 is 0 Å². The maximum absolute atomic E-state index is 9.33. The standard InChI is InChI=1S/C11H17ClN2O/c1-7-3-8(2)11(10(12)4-7)14-6-9(15)5-13/h3-4,9,14-15H,5-6,13H2,1-2H3. The number of benzene rings is 1. The van der Waals surface area contributed by atoms with Gasteiger partial charge >= 0.3 is 0 Å². The second-order valence-electron chi connectivity index (χ2n) is 3.71. The lowest BCUT2D eigenvalue weighted by molar-refractivity contribution is 0.196. The molecule has 0 saturated heterocycles. The number of hydrogen-bond acceptors (Lipinski definition) is 3. The van der Waals surface area contributed by atoms with Crippen LogP contribution in [0.25, 0.3) is 0 Å². The first-order valence-electron chi connectivity index (χ1n) is 4.93. The molecule has 1 atom stereocenters. The lowest BCUT2D eigenvalue weighted by atomic mass is 10.1. The number of anilines is 1. The van der Waals surface area contributed by atoms with Crippen LogP contribution in [0, 0.1) is 13.8 Å². The van der Waals surface area contributed by atoms with Crippen molar-refractivity contribution in [2.75, 3.05) is 18.4 Å². The van der Waals surface area contributed by atoms with Crippen LogP contribution >= 0.6 is 11.6 Å². The SMILES string of the molecule is Cc1cc(C)c(NCC(O)CN)c(Cl)c1. The number of hydrogen-bond donors (Lipinski definition) is 3. The van der Waals surface area contributed by atoms with Crippen LogP contribution in [0.1, 0.15) is 11.1 Å². The Morgan fingerprint density at radius 2 is 2.13 bits per heavy atom.